The van der Waals surface area contributed by atoms with Gasteiger partial charge in [-0.2, -0.15) is 4.31 Å². The summed E-state index contributed by atoms with van der Waals surface area (Å²) in [7, 11) is -3.72. The average Bonchev–Trinajstić information content (AvgIpc) is 3.15. The quantitative estimate of drug-likeness (QED) is 0.769. The van der Waals surface area contributed by atoms with Crippen LogP contribution in [0.5, 0.6) is 5.75 Å². The number of carbonyl (C=O) groups is 1. The van der Waals surface area contributed by atoms with Crippen LogP contribution in [0.1, 0.15) is 24.0 Å². The zero-order chi connectivity index (χ0) is 20.3. The lowest BCUT2D eigenvalue weighted by molar-refractivity contribution is -0.118. The van der Waals surface area contributed by atoms with Crippen LogP contribution in [0.2, 0.25) is 5.02 Å². The largest absolute Gasteiger partial charge is 0.482 e. The van der Waals surface area contributed by atoms with Crippen molar-refractivity contribution >= 4 is 33.2 Å². The van der Waals surface area contributed by atoms with Crippen molar-refractivity contribution in [3.63, 3.8) is 0 Å². The summed E-state index contributed by atoms with van der Waals surface area (Å²) in [6.07, 6.45) is 1.66. The number of hydrogen-bond acceptors (Lipinski definition) is 4. The van der Waals surface area contributed by atoms with Gasteiger partial charge in [-0.1, -0.05) is 17.7 Å². The van der Waals surface area contributed by atoms with Crippen molar-refractivity contribution in [1.29, 1.82) is 0 Å². The summed E-state index contributed by atoms with van der Waals surface area (Å²) < 4.78 is 32.8. The van der Waals surface area contributed by atoms with Crippen LogP contribution in [0, 0.1) is 13.8 Å². The lowest BCUT2D eigenvalue weighted by atomic mass is 10.1. The first-order chi connectivity index (χ1) is 13.3. The SMILES string of the molecule is Cc1cc(C)cc(NC(=O)COc2ccc(Cl)cc2S(=O)(=O)N2CCCC2)c1. The molecular formula is C20H23ClN2O4S. The molecule has 1 N–H and O–H groups in total. The molecule has 0 atom stereocenters. The monoisotopic (exact) mass is 422 g/mol. The van der Waals surface area contributed by atoms with Crippen LogP contribution >= 0.6 is 11.6 Å². The Morgan fingerprint density at radius 2 is 1.75 bits per heavy atom. The molecule has 1 aliphatic rings. The van der Waals surface area contributed by atoms with Crippen molar-refractivity contribution < 1.29 is 17.9 Å². The van der Waals surface area contributed by atoms with Crippen LogP contribution in [0.15, 0.2) is 41.3 Å². The molecule has 0 unspecified atom stereocenters. The lowest BCUT2D eigenvalue weighted by Gasteiger charge is -2.18. The highest BCUT2D eigenvalue weighted by Gasteiger charge is 2.30. The second-order valence-electron chi connectivity index (χ2n) is 6.92. The van der Waals surface area contributed by atoms with Crippen molar-refractivity contribution in [3.8, 4) is 5.75 Å². The first-order valence-electron chi connectivity index (χ1n) is 9.06. The fourth-order valence-electron chi connectivity index (χ4n) is 3.26. The van der Waals surface area contributed by atoms with E-state index >= 15 is 0 Å². The normalized spacial score (nSPS) is 14.8. The summed E-state index contributed by atoms with van der Waals surface area (Å²) in [5.74, 6) is -0.253. The Morgan fingerprint density at radius 3 is 2.39 bits per heavy atom. The van der Waals surface area contributed by atoms with E-state index in [0.29, 0.717) is 23.8 Å². The molecule has 8 heteroatoms. The highest BCUT2D eigenvalue weighted by molar-refractivity contribution is 7.89. The third-order valence-electron chi connectivity index (χ3n) is 4.45. The van der Waals surface area contributed by atoms with Gasteiger partial charge in [0, 0.05) is 23.8 Å². The Labute approximate surface area is 170 Å². The van der Waals surface area contributed by atoms with E-state index in [-0.39, 0.29) is 23.2 Å². The Kier molecular flexibility index (Phi) is 6.27. The highest BCUT2D eigenvalue weighted by Crippen LogP contribution is 2.31. The molecule has 150 valence electrons. The number of sulfonamides is 1. The Bertz CT molecular complexity index is 965. The van der Waals surface area contributed by atoms with Crippen LogP contribution in [-0.2, 0) is 14.8 Å². The number of carbonyl (C=O) groups excluding carboxylic acids is 1. The minimum Gasteiger partial charge on any atom is -0.482 e. The van der Waals surface area contributed by atoms with E-state index in [1.165, 1.54) is 16.4 Å². The van der Waals surface area contributed by atoms with Crippen molar-refractivity contribution in [2.45, 2.75) is 31.6 Å². The zero-order valence-corrected chi connectivity index (χ0v) is 17.4. The van der Waals surface area contributed by atoms with Gasteiger partial charge in [-0.25, -0.2) is 8.42 Å². The average molecular weight is 423 g/mol. The molecule has 0 bridgehead atoms. The van der Waals surface area contributed by atoms with Gasteiger partial charge in [-0.15, -0.1) is 0 Å². The first-order valence-corrected chi connectivity index (χ1v) is 10.9. The Hall–Kier alpha value is -2.09. The van der Waals surface area contributed by atoms with Gasteiger partial charge in [0.25, 0.3) is 5.91 Å². The number of halogens is 1. The van der Waals surface area contributed by atoms with E-state index in [0.717, 1.165) is 24.0 Å². The second-order valence-corrected chi connectivity index (χ2v) is 9.26. The topological polar surface area (TPSA) is 75.7 Å². The third-order valence-corrected chi connectivity index (χ3v) is 6.61. The van der Waals surface area contributed by atoms with E-state index in [4.69, 9.17) is 16.3 Å². The molecule has 1 heterocycles. The summed E-state index contributed by atoms with van der Waals surface area (Å²) in [6, 6.07) is 10.1. The number of anilines is 1. The summed E-state index contributed by atoms with van der Waals surface area (Å²) in [6.45, 7) is 4.53. The van der Waals surface area contributed by atoms with Crippen molar-refractivity contribution in [1.82, 2.24) is 4.31 Å². The maximum Gasteiger partial charge on any atom is 0.262 e. The summed E-state index contributed by atoms with van der Waals surface area (Å²) >= 11 is 6.01. The number of benzene rings is 2. The standard InChI is InChI=1S/C20H23ClN2O4S/c1-14-9-15(2)11-17(10-14)22-20(24)13-27-18-6-5-16(21)12-19(18)28(25,26)23-7-3-4-8-23/h5-6,9-12H,3-4,7-8,13H2,1-2H3,(H,22,24). The van der Waals surface area contributed by atoms with Crippen LogP contribution in [0.25, 0.3) is 0 Å². The maximum absolute atomic E-state index is 12.9. The van der Waals surface area contributed by atoms with Crippen LogP contribution in [0.3, 0.4) is 0 Å². The summed E-state index contributed by atoms with van der Waals surface area (Å²) in [5, 5.41) is 3.06. The maximum atomic E-state index is 12.9. The van der Waals surface area contributed by atoms with Crippen molar-refractivity contribution in [2.75, 3.05) is 25.0 Å². The van der Waals surface area contributed by atoms with Crippen LogP contribution < -0.4 is 10.1 Å². The van der Waals surface area contributed by atoms with Gasteiger partial charge < -0.3 is 10.1 Å². The number of aryl methyl sites for hydroxylation is 2. The van der Waals surface area contributed by atoms with E-state index < -0.39 is 10.0 Å². The minimum absolute atomic E-state index is 0.0129. The predicted molar refractivity (Wildman–Crippen MR) is 109 cm³/mol. The number of nitrogens with one attached hydrogen (secondary N) is 1. The molecule has 1 amide bonds. The second kappa shape index (κ2) is 8.51. The summed E-state index contributed by atoms with van der Waals surface area (Å²) in [4.78, 5) is 12.3. The highest BCUT2D eigenvalue weighted by atomic mass is 35.5. The molecule has 2 aromatic rings. The number of ether oxygens (including phenoxy) is 1. The molecule has 2 aromatic carbocycles. The fourth-order valence-corrected chi connectivity index (χ4v) is 5.17. The van der Waals surface area contributed by atoms with Crippen molar-refractivity contribution in [2.24, 2.45) is 0 Å². The van der Waals surface area contributed by atoms with Crippen LogP contribution in [-0.4, -0.2) is 38.3 Å². The number of hydrogen-bond donors (Lipinski definition) is 1. The Morgan fingerprint density at radius 1 is 1.11 bits per heavy atom. The molecule has 0 saturated carbocycles. The van der Waals surface area contributed by atoms with Gasteiger partial charge in [0.05, 0.1) is 0 Å². The van der Waals surface area contributed by atoms with Gasteiger partial charge in [-0.3, -0.25) is 4.79 Å². The number of amides is 1. The third kappa shape index (κ3) is 4.84. The zero-order valence-electron chi connectivity index (χ0n) is 15.9. The molecule has 0 aromatic heterocycles. The summed E-state index contributed by atoms with van der Waals surface area (Å²) in [5.41, 5.74) is 2.74. The van der Waals surface area contributed by atoms with E-state index in [1.54, 1.807) is 6.07 Å². The first kappa shape index (κ1) is 20.6. The fraction of sp³-hybridized carbons (Fsp3) is 0.350. The number of nitrogens with zero attached hydrogens (tertiary/aromatic N) is 1. The van der Waals surface area contributed by atoms with E-state index in [1.807, 2.05) is 32.0 Å². The van der Waals surface area contributed by atoms with E-state index in [2.05, 4.69) is 5.32 Å². The molecule has 1 aliphatic heterocycles. The molecular weight excluding hydrogens is 400 g/mol. The van der Waals surface area contributed by atoms with Crippen LogP contribution in [0.4, 0.5) is 5.69 Å². The van der Waals surface area contributed by atoms with E-state index in [9.17, 15) is 13.2 Å². The Balaban J connectivity index is 1.74. The smallest absolute Gasteiger partial charge is 0.262 e. The van der Waals surface area contributed by atoms with Crippen molar-refractivity contribution in [3.05, 3.63) is 52.5 Å². The van der Waals surface area contributed by atoms with Gasteiger partial charge >= 0.3 is 0 Å². The van der Waals surface area contributed by atoms with Gasteiger partial charge in [0.15, 0.2) is 6.61 Å². The molecule has 0 radical (unpaired) electrons. The number of rotatable bonds is 6. The van der Waals surface area contributed by atoms with Gasteiger partial charge in [0.2, 0.25) is 10.0 Å². The molecule has 1 saturated heterocycles. The lowest BCUT2D eigenvalue weighted by Crippen LogP contribution is -2.28. The molecule has 6 nitrogen and oxygen atoms in total. The van der Waals surface area contributed by atoms with Gasteiger partial charge in [-0.05, 0) is 68.1 Å². The molecule has 1 fully saturated rings. The molecule has 28 heavy (non-hydrogen) atoms. The van der Waals surface area contributed by atoms with Gasteiger partial charge in [0.1, 0.15) is 10.6 Å². The predicted octanol–water partition coefficient (Wildman–Crippen LogP) is 3.76. The molecule has 3 rings (SSSR count). The minimum atomic E-state index is -3.72. The molecule has 0 aliphatic carbocycles. The molecule has 0 spiro atoms.